The monoisotopic (exact) mass is 322 g/mol. The molecule has 0 unspecified atom stereocenters. The molecule has 0 bridgehead atoms. The molecule has 112 valence electrons. The van der Waals surface area contributed by atoms with Crippen LogP contribution in [-0.4, -0.2) is 23.9 Å². The van der Waals surface area contributed by atoms with Gasteiger partial charge in [0, 0.05) is 22.1 Å². The van der Waals surface area contributed by atoms with Crippen LogP contribution in [0.3, 0.4) is 0 Å². The van der Waals surface area contributed by atoms with Crippen molar-refractivity contribution < 1.29 is 4.79 Å². The number of benzene rings is 1. The maximum absolute atomic E-state index is 12.3. The highest BCUT2D eigenvalue weighted by Gasteiger charge is 2.19. The number of amides is 1. The van der Waals surface area contributed by atoms with Crippen LogP contribution in [0.25, 0.3) is 0 Å². The Labute approximate surface area is 134 Å². The van der Waals surface area contributed by atoms with E-state index in [1.165, 1.54) is 10.4 Å². The van der Waals surface area contributed by atoms with Crippen molar-refractivity contribution in [1.82, 2.24) is 4.90 Å². The maximum Gasteiger partial charge on any atom is 0.241 e. The van der Waals surface area contributed by atoms with Crippen LogP contribution < -0.4 is 5.32 Å². The van der Waals surface area contributed by atoms with Crippen LogP contribution in [-0.2, 0) is 11.3 Å². The number of carbonyl (C=O) groups excluding carboxylic acids is 1. The largest absolute Gasteiger partial charge is 0.325 e. The molecular formula is C16H19ClN2OS. The van der Waals surface area contributed by atoms with Crippen LogP contribution in [0, 0.1) is 6.92 Å². The Kier molecular flexibility index (Phi) is 5.39. The Morgan fingerprint density at radius 2 is 2.00 bits per heavy atom. The van der Waals surface area contributed by atoms with Crippen molar-refractivity contribution in [2.75, 3.05) is 12.4 Å². The molecule has 0 radical (unpaired) electrons. The smallest absolute Gasteiger partial charge is 0.241 e. The van der Waals surface area contributed by atoms with Gasteiger partial charge in [0.05, 0.1) is 6.04 Å². The summed E-state index contributed by atoms with van der Waals surface area (Å²) < 4.78 is 0. The molecule has 0 aliphatic carbocycles. The van der Waals surface area contributed by atoms with Crippen LogP contribution in [0.5, 0.6) is 0 Å². The van der Waals surface area contributed by atoms with Gasteiger partial charge in [0.25, 0.3) is 0 Å². The molecule has 0 aliphatic heterocycles. The molecule has 5 heteroatoms. The van der Waals surface area contributed by atoms with Crippen LogP contribution in [0.2, 0.25) is 5.02 Å². The van der Waals surface area contributed by atoms with Crippen molar-refractivity contribution in [3.63, 3.8) is 0 Å². The molecule has 0 spiro atoms. The zero-order chi connectivity index (χ0) is 15.4. The van der Waals surface area contributed by atoms with E-state index in [1.807, 2.05) is 18.9 Å². The predicted molar refractivity (Wildman–Crippen MR) is 90.1 cm³/mol. The highest BCUT2D eigenvalue weighted by atomic mass is 35.5. The molecule has 1 amide bonds. The van der Waals surface area contributed by atoms with Gasteiger partial charge in [0.1, 0.15) is 0 Å². The van der Waals surface area contributed by atoms with Crippen LogP contribution in [0.1, 0.15) is 17.4 Å². The zero-order valence-electron chi connectivity index (χ0n) is 12.4. The second kappa shape index (κ2) is 7.07. The maximum atomic E-state index is 12.3. The molecule has 0 fully saturated rings. The molecule has 3 nitrogen and oxygen atoms in total. The molecule has 2 aromatic rings. The third kappa shape index (κ3) is 4.30. The SMILES string of the molecule is Cc1ccsc1CN(C)[C@H](C)C(=O)Nc1ccc(Cl)cc1. The van der Waals surface area contributed by atoms with E-state index < -0.39 is 0 Å². The first kappa shape index (κ1) is 16.0. The third-order valence-electron chi connectivity index (χ3n) is 3.51. The van der Waals surface area contributed by atoms with Crippen LogP contribution in [0.4, 0.5) is 5.69 Å². The Bertz CT molecular complexity index is 609. The van der Waals surface area contributed by atoms with Gasteiger partial charge in [0.15, 0.2) is 0 Å². The number of nitrogens with zero attached hydrogens (tertiary/aromatic N) is 1. The second-order valence-electron chi connectivity index (χ2n) is 5.11. The summed E-state index contributed by atoms with van der Waals surface area (Å²) in [5.41, 5.74) is 2.04. The molecular weight excluding hydrogens is 304 g/mol. The lowest BCUT2D eigenvalue weighted by Gasteiger charge is -2.23. The van der Waals surface area contributed by atoms with Gasteiger partial charge in [-0.25, -0.2) is 0 Å². The summed E-state index contributed by atoms with van der Waals surface area (Å²) in [6, 6.07) is 9.03. The van der Waals surface area contributed by atoms with E-state index in [2.05, 4.69) is 23.7 Å². The number of rotatable bonds is 5. The van der Waals surface area contributed by atoms with Gasteiger partial charge < -0.3 is 5.32 Å². The van der Waals surface area contributed by atoms with E-state index in [-0.39, 0.29) is 11.9 Å². The molecule has 0 aliphatic rings. The lowest BCUT2D eigenvalue weighted by Crippen LogP contribution is -2.39. The van der Waals surface area contributed by atoms with Crippen LogP contribution >= 0.6 is 22.9 Å². The Balaban J connectivity index is 1.95. The summed E-state index contributed by atoms with van der Waals surface area (Å²) in [6.45, 7) is 4.78. The molecule has 21 heavy (non-hydrogen) atoms. The summed E-state index contributed by atoms with van der Waals surface area (Å²) >= 11 is 7.56. The molecule has 1 aromatic carbocycles. The van der Waals surface area contributed by atoms with Crippen molar-refractivity contribution >= 4 is 34.5 Å². The van der Waals surface area contributed by atoms with Gasteiger partial charge in [-0.3, -0.25) is 9.69 Å². The molecule has 2 rings (SSSR count). The van der Waals surface area contributed by atoms with E-state index in [9.17, 15) is 4.79 Å². The van der Waals surface area contributed by atoms with E-state index in [0.717, 1.165) is 12.2 Å². The Hall–Kier alpha value is -1.36. The summed E-state index contributed by atoms with van der Waals surface area (Å²) in [5.74, 6) is -0.0194. The van der Waals surface area contributed by atoms with Gasteiger partial charge in [-0.2, -0.15) is 0 Å². The summed E-state index contributed by atoms with van der Waals surface area (Å²) in [5, 5.41) is 5.65. The number of hydrogen-bond acceptors (Lipinski definition) is 3. The third-order valence-corrected chi connectivity index (χ3v) is 4.77. The zero-order valence-corrected chi connectivity index (χ0v) is 14.0. The lowest BCUT2D eigenvalue weighted by atomic mass is 10.2. The molecule has 0 saturated carbocycles. The Morgan fingerprint density at radius 1 is 1.33 bits per heavy atom. The summed E-state index contributed by atoms with van der Waals surface area (Å²) in [6.07, 6.45) is 0. The van der Waals surface area contributed by atoms with Crippen molar-refractivity contribution in [1.29, 1.82) is 0 Å². The Morgan fingerprint density at radius 3 is 2.57 bits per heavy atom. The molecule has 1 N–H and O–H groups in total. The average molecular weight is 323 g/mol. The van der Waals surface area contributed by atoms with E-state index in [4.69, 9.17) is 11.6 Å². The lowest BCUT2D eigenvalue weighted by molar-refractivity contribution is -0.120. The minimum absolute atomic E-state index is 0.0194. The quantitative estimate of drug-likeness (QED) is 0.896. The highest BCUT2D eigenvalue weighted by Crippen LogP contribution is 2.19. The van der Waals surface area contributed by atoms with Gasteiger partial charge in [-0.15, -0.1) is 11.3 Å². The number of nitrogens with one attached hydrogen (secondary N) is 1. The number of carbonyl (C=O) groups is 1. The van der Waals surface area contributed by atoms with Crippen molar-refractivity contribution in [2.45, 2.75) is 26.4 Å². The van der Waals surface area contributed by atoms with Gasteiger partial charge in [-0.05, 0) is 62.2 Å². The number of thiophene rings is 1. The number of hydrogen-bond donors (Lipinski definition) is 1. The van der Waals surface area contributed by atoms with Crippen LogP contribution in [0.15, 0.2) is 35.7 Å². The van der Waals surface area contributed by atoms with Crippen molar-refractivity contribution in [3.05, 3.63) is 51.2 Å². The summed E-state index contributed by atoms with van der Waals surface area (Å²) in [7, 11) is 1.96. The number of likely N-dealkylation sites (N-methyl/N-ethyl adjacent to an activating group) is 1. The van der Waals surface area contributed by atoms with Crippen molar-refractivity contribution in [2.24, 2.45) is 0 Å². The number of halogens is 1. The highest BCUT2D eigenvalue weighted by molar-refractivity contribution is 7.10. The molecule has 1 atom stereocenters. The summed E-state index contributed by atoms with van der Waals surface area (Å²) in [4.78, 5) is 15.6. The number of anilines is 1. The first-order valence-corrected chi connectivity index (χ1v) is 8.03. The number of aryl methyl sites for hydroxylation is 1. The average Bonchev–Trinajstić information content (AvgIpc) is 2.86. The normalized spacial score (nSPS) is 12.4. The second-order valence-corrected chi connectivity index (χ2v) is 6.55. The van der Waals surface area contributed by atoms with Crippen molar-refractivity contribution in [3.8, 4) is 0 Å². The molecule has 0 saturated heterocycles. The fraction of sp³-hybridized carbons (Fsp3) is 0.312. The minimum Gasteiger partial charge on any atom is -0.325 e. The van der Waals surface area contributed by atoms with E-state index in [1.54, 1.807) is 35.6 Å². The first-order valence-electron chi connectivity index (χ1n) is 6.77. The molecule has 1 heterocycles. The topological polar surface area (TPSA) is 32.3 Å². The first-order chi connectivity index (χ1) is 9.97. The van der Waals surface area contributed by atoms with E-state index >= 15 is 0 Å². The fourth-order valence-electron chi connectivity index (χ4n) is 1.91. The molecule has 1 aromatic heterocycles. The van der Waals surface area contributed by atoms with Gasteiger partial charge in [-0.1, -0.05) is 11.6 Å². The predicted octanol–water partition coefficient (Wildman–Crippen LogP) is 4.17. The fourth-order valence-corrected chi connectivity index (χ4v) is 3.00. The standard InChI is InChI=1S/C16H19ClN2OS/c1-11-8-9-21-15(11)10-19(3)12(2)16(20)18-14-6-4-13(17)5-7-14/h4-9,12H,10H2,1-3H3,(H,18,20)/t12-/m1/s1. The minimum atomic E-state index is -0.206. The van der Waals surface area contributed by atoms with Gasteiger partial charge in [0.2, 0.25) is 5.91 Å². The van der Waals surface area contributed by atoms with Gasteiger partial charge >= 0.3 is 0 Å². The van der Waals surface area contributed by atoms with E-state index in [0.29, 0.717) is 5.02 Å².